The zero-order chi connectivity index (χ0) is 12.4. The van der Waals surface area contributed by atoms with Crippen molar-refractivity contribution in [3.05, 3.63) is 23.5 Å². The van der Waals surface area contributed by atoms with Gasteiger partial charge in [-0.1, -0.05) is 20.8 Å². The largest absolute Gasteiger partial charge is 0.345 e. The Bertz CT molecular complexity index is 430. The van der Waals surface area contributed by atoms with E-state index >= 15 is 0 Å². The van der Waals surface area contributed by atoms with Crippen molar-refractivity contribution in [2.45, 2.75) is 59.9 Å². The van der Waals surface area contributed by atoms with E-state index in [9.17, 15) is 0 Å². The van der Waals surface area contributed by atoms with Crippen LogP contribution in [0.15, 0.2) is 12.1 Å². The first-order valence-electron chi connectivity index (χ1n) is 7.01. The number of hydrogen-bond donors (Lipinski definition) is 0. The van der Waals surface area contributed by atoms with E-state index in [4.69, 9.17) is 0 Å². The molecule has 2 saturated carbocycles. The van der Waals surface area contributed by atoms with Gasteiger partial charge in [0.2, 0.25) is 0 Å². The van der Waals surface area contributed by atoms with Crippen LogP contribution in [0.25, 0.3) is 0 Å². The van der Waals surface area contributed by atoms with Gasteiger partial charge in [-0.2, -0.15) is 0 Å². The summed E-state index contributed by atoms with van der Waals surface area (Å²) in [4.78, 5) is 0. The molecule has 0 spiro atoms. The second-order valence-corrected chi connectivity index (χ2v) is 7.30. The standard InChI is InChI=1S/C16H25N/c1-11-6-7-12(2)17(11)14-15(3,4)13-8-9-16(14,5)10-13/h6-7,13-14H,8-10H2,1-5H3. The third-order valence-electron chi connectivity index (χ3n) is 5.78. The summed E-state index contributed by atoms with van der Waals surface area (Å²) in [6.07, 6.45) is 4.30. The summed E-state index contributed by atoms with van der Waals surface area (Å²) in [6, 6.07) is 5.25. The monoisotopic (exact) mass is 231 g/mol. The number of nitrogens with zero attached hydrogens (tertiary/aromatic N) is 1. The van der Waals surface area contributed by atoms with Gasteiger partial charge in [0.1, 0.15) is 0 Å². The van der Waals surface area contributed by atoms with Crippen molar-refractivity contribution >= 4 is 0 Å². The molecule has 1 heteroatoms. The predicted octanol–water partition coefficient (Wildman–Crippen LogP) is 4.49. The van der Waals surface area contributed by atoms with Gasteiger partial charge in [0.05, 0.1) is 0 Å². The van der Waals surface area contributed by atoms with Gasteiger partial charge in [-0.25, -0.2) is 0 Å². The Morgan fingerprint density at radius 3 is 2.18 bits per heavy atom. The van der Waals surface area contributed by atoms with Crippen LogP contribution in [0.2, 0.25) is 0 Å². The molecule has 3 rings (SSSR count). The Balaban J connectivity index is 2.14. The minimum Gasteiger partial charge on any atom is -0.345 e. The molecule has 0 N–H and O–H groups in total. The van der Waals surface area contributed by atoms with E-state index in [-0.39, 0.29) is 0 Å². The quantitative estimate of drug-likeness (QED) is 0.671. The van der Waals surface area contributed by atoms with Crippen molar-refractivity contribution in [2.24, 2.45) is 16.7 Å². The molecular formula is C16H25N. The molecular weight excluding hydrogens is 206 g/mol. The average Bonchev–Trinajstić information content (AvgIpc) is 2.81. The van der Waals surface area contributed by atoms with Crippen LogP contribution in [0.5, 0.6) is 0 Å². The molecule has 0 radical (unpaired) electrons. The van der Waals surface area contributed by atoms with Gasteiger partial charge < -0.3 is 4.57 Å². The number of fused-ring (bicyclic) bond motifs is 2. The second-order valence-electron chi connectivity index (χ2n) is 7.30. The minimum absolute atomic E-state index is 0.460. The summed E-state index contributed by atoms with van der Waals surface area (Å²) in [6.45, 7) is 12.0. The molecule has 0 aliphatic heterocycles. The van der Waals surface area contributed by atoms with Crippen LogP contribution in [0.1, 0.15) is 57.5 Å². The normalized spacial score (nSPS) is 38.9. The summed E-state index contributed by atoms with van der Waals surface area (Å²) in [5.74, 6) is 0.929. The molecule has 1 heterocycles. The van der Waals surface area contributed by atoms with Gasteiger partial charge in [-0.05, 0) is 62.0 Å². The Morgan fingerprint density at radius 2 is 1.71 bits per heavy atom. The molecule has 94 valence electrons. The smallest absolute Gasteiger partial charge is 0.0443 e. The molecule has 1 aromatic rings. The first-order chi connectivity index (χ1) is 7.86. The fourth-order valence-electron chi connectivity index (χ4n) is 5.01. The lowest BCUT2D eigenvalue weighted by atomic mass is 9.68. The van der Waals surface area contributed by atoms with Crippen LogP contribution >= 0.6 is 0 Å². The third kappa shape index (κ3) is 1.31. The molecule has 3 unspecified atom stereocenters. The summed E-state index contributed by atoms with van der Waals surface area (Å²) >= 11 is 0. The summed E-state index contributed by atoms with van der Waals surface area (Å²) in [7, 11) is 0. The van der Waals surface area contributed by atoms with Gasteiger partial charge in [-0.3, -0.25) is 0 Å². The summed E-state index contributed by atoms with van der Waals surface area (Å²) in [5.41, 5.74) is 3.87. The van der Waals surface area contributed by atoms with Gasteiger partial charge in [0.15, 0.2) is 0 Å². The molecule has 0 amide bonds. The highest BCUT2D eigenvalue weighted by molar-refractivity contribution is 5.21. The van der Waals surface area contributed by atoms with E-state index in [1.807, 2.05) is 0 Å². The molecule has 0 aromatic carbocycles. The van der Waals surface area contributed by atoms with Crippen LogP contribution in [-0.4, -0.2) is 4.57 Å². The van der Waals surface area contributed by atoms with E-state index < -0.39 is 0 Å². The Morgan fingerprint density at radius 1 is 1.12 bits per heavy atom. The van der Waals surface area contributed by atoms with E-state index in [2.05, 4.69) is 51.3 Å². The highest BCUT2D eigenvalue weighted by atomic mass is 15.1. The van der Waals surface area contributed by atoms with Gasteiger partial charge >= 0.3 is 0 Å². The van der Waals surface area contributed by atoms with Crippen LogP contribution in [0.4, 0.5) is 0 Å². The Hall–Kier alpha value is -0.720. The lowest BCUT2D eigenvalue weighted by Crippen LogP contribution is -2.38. The highest BCUT2D eigenvalue weighted by Crippen LogP contribution is 2.68. The van der Waals surface area contributed by atoms with Crippen molar-refractivity contribution in [3.8, 4) is 0 Å². The molecule has 1 aromatic heterocycles. The average molecular weight is 231 g/mol. The maximum absolute atomic E-state index is 2.62. The Kier molecular flexibility index (Phi) is 2.13. The number of aryl methyl sites for hydroxylation is 2. The topological polar surface area (TPSA) is 4.93 Å². The Labute approximate surface area is 105 Å². The van der Waals surface area contributed by atoms with Crippen LogP contribution in [0.3, 0.4) is 0 Å². The summed E-state index contributed by atoms with van der Waals surface area (Å²) in [5, 5.41) is 0. The maximum atomic E-state index is 2.62. The van der Waals surface area contributed by atoms with E-state index in [0.29, 0.717) is 16.9 Å². The van der Waals surface area contributed by atoms with Crippen LogP contribution in [0, 0.1) is 30.6 Å². The lowest BCUT2D eigenvalue weighted by molar-refractivity contribution is 0.0808. The molecule has 1 nitrogen and oxygen atoms in total. The predicted molar refractivity (Wildman–Crippen MR) is 72.2 cm³/mol. The van der Waals surface area contributed by atoms with Crippen molar-refractivity contribution in [1.29, 1.82) is 0 Å². The molecule has 2 fully saturated rings. The van der Waals surface area contributed by atoms with Crippen LogP contribution in [-0.2, 0) is 0 Å². The number of rotatable bonds is 1. The lowest BCUT2D eigenvalue weighted by Gasteiger charge is -2.45. The first-order valence-corrected chi connectivity index (χ1v) is 7.01. The van der Waals surface area contributed by atoms with Crippen molar-refractivity contribution in [1.82, 2.24) is 4.57 Å². The maximum Gasteiger partial charge on any atom is 0.0443 e. The van der Waals surface area contributed by atoms with Crippen LogP contribution < -0.4 is 0 Å². The fraction of sp³-hybridized carbons (Fsp3) is 0.750. The molecule has 0 saturated heterocycles. The SMILES string of the molecule is Cc1ccc(C)n1C1C2(C)CCC(C2)C1(C)C. The highest BCUT2D eigenvalue weighted by Gasteiger charge is 2.60. The van der Waals surface area contributed by atoms with Gasteiger partial charge in [0, 0.05) is 17.4 Å². The second kappa shape index (κ2) is 3.18. The van der Waals surface area contributed by atoms with Crippen molar-refractivity contribution < 1.29 is 0 Å². The van der Waals surface area contributed by atoms with Gasteiger partial charge in [0.25, 0.3) is 0 Å². The number of aromatic nitrogens is 1. The molecule has 2 bridgehead atoms. The summed E-state index contributed by atoms with van der Waals surface area (Å²) < 4.78 is 2.62. The first kappa shape index (κ1) is 11.4. The molecule has 3 atom stereocenters. The van der Waals surface area contributed by atoms with Gasteiger partial charge in [-0.15, -0.1) is 0 Å². The van der Waals surface area contributed by atoms with E-state index in [0.717, 1.165) is 5.92 Å². The van der Waals surface area contributed by atoms with E-state index in [1.165, 1.54) is 30.7 Å². The van der Waals surface area contributed by atoms with Crippen molar-refractivity contribution in [3.63, 3.8) is 0 Å². The molecule has 2 aliphatic rings. The molecule has 17 heavy (non-hydrogen) atoms. The zero-order valence-corrected chi connectivity index (χ0v) is 11.9. The van der Waals surface area contributed by atoms with Crippen molar-refractivity contribution in [2.75, 3.05) is 0 Å². The fourth-order valence-corrected chi connectivity index (χ4v) is 5.01. The zero-order valence-electron chi connectivity index (χ0n) is 11.9. The molecule has 2 aliphatic carbocycles. The third-order valence-corrected chi connectivity index (χ3v) is 5.78. The minimum atomic E-state index is 0.460. The van der Waals surface area contributed by atoms with E-state index in [1.54, 1.807) is 0 Å². The number of hydrogen-bond acceptors (Lipinski definition) is 0.